The van der Waals surface area contributed by atoms with Gasteiger partial charge in [-0.15, -0.1) is 0 Å². The molecular formula is C21H22N5O7P. The van der Waals surface area contributed by atoms with Crippen LogP contribution in [-0.4, -0.2) is 65.6 Å². The van der Waals surface area contributed by atoms with Crippen molar-refractivity contribution in [3.8, 4) is 5.75 Å². The molecule has 0 spiro atoms. The van der Waals surface area contributed by atoms with Gasteiger partial charge in [-0.25, -0.2) is 14.8 Å². The number of aliphatic carboxylic acids is 1. The smallest absolute Gasteiger partial charge is 0.328 e. The van der Waals surface area contributed by atoms with Gasteiger partial charge in [0.15, 0.2) is 0 Å². The Bertz CT molecular complexity index is 1450. The molecule has 0 saturated carbocycles. The van der Waals surface area contributed by atoms with Crippen LogP contribution >= 0.6 is 7.60 Å². The predicted molar refractivity (Wildman–Crippen MR) is 122 cm³/mol. The van der Waals surface area contributed by atoms with Gasteiger partial charge in [0.1, 0.15) is 29.0 Å². The molecule has 178 valence electrons. The standard InChI is InChI=1S/C21H22N5O7P/c1-26-15-8-11(20(27)24-14(21(28)29)10-34(30,31)32)6-7-12(15)23-18(26)9-17-22-13-4-3-5-16(33-2)19(13)25-17/h3-8,14H,9-10H2,1-2H3,(H,22,25)(H,24,27)(H,28,29)(H2,30,31,32). The van der Waals surface area contributed by atoms with E-state index in [2.05, 4.69) is 20.3 Å². The lowest BCUT2D eigenvalue weighted by atomic mass is 10.1. The van der Waals surface area contributed by atoms with Crippen molar-refractivity contribution in [1.82, 2.24) is 24.8 Å². The second kappa shape index (κ2) is 8.90. The predicted octanol–water partition coefficient (Wildman–Crippen LogP) is 1.41. The number of ether oxygens (including phenoxy) is 1. The van der Waals surface area contributed by atoms with E-state index in [1.165, 1.54) is 6.07 Å². The number of amides is 1. The van der Waals surface area contributed by atoms with E-state index in [4.69, 9.17) is 14.5 Å². The number of para-hydroxylation sites is 1. The number of aromatic nitrogens is 4. The summed E-state index contributed by atoms with van der Waals surface area (Å²) in [5.74, 6) is -0.301. The number of rotatable bonds is 8. The number of carboxylic acids is 1. The van der Waals surface area contributed by atoms with E-state index in [1.807, 2.05) is 18.2 Å². The average Bonchev–Trinajstić information content (AvgIpc) is 3.32. The first-order chi connectivity index (χ1) is 16.1. The van der Waals surface area contributed by atoms with Crippen LogP contribution in [0.4, 0.5) is 0 Å². The van der Waals surface area contributed by atoms with E-state index >= 15 is 0 Å². The molecule has 1 atom stereocenters. The topological polar surface area (TPSA) is 180 Å². The summed E-state index contributed by atoms with van der Waals surface area (Å²) in [4.78, 5) is 54.5. The minimum Gasteiger partial charge on any atom is -0.494 e. The van der Waals surface area contributed by atoms with Crippen molar-refractivity contribution in [2.75, 3.05) is 13.3 Å². The Balaban J connectivity index is 1.59. The van der Waals surface area contributed by atoms with Crippen LogP contribution in [0.15, 0.2) is 36.4 Å². The Hall–Kier alpha value is -3.73. The fourth-order valence-electron chi connectivity index (χ4n) is 3.66. The van der Waals surface area contributed by atoms with Crippen molar-refractivity contribution in [2.24, 2.45) is 7.05 Å². The van der Waals surface area contributed by atoms with E-state index < -0.39 is 31.7 Å². The van der Waals surface area contributed by atoms with Crippen LogP contribution in [0.1, 0.15) is 22.0 Å². The number of carbonyl (C=O) groups excluding carboxylic acids is 1. The van der Waals surface area contributed by atoms with Crippen molar-refractivity contribution in [3.63, 3.8) is 0 Å². The van der Waals surface area contributed by atoms with Crippen molar-refractivity contribution in [2.45, 2.75) is 12.5 Å². The summed E-state index contributed by atoms with van der Waals surface area (Å²) in [5, 5.41) is 11.3. The molecule has 2 aromatic heterocycles. The lowest BCUT2D eigenvalue weighted by Crippen LogP contribution is -2.43. The van der Waals surface area contributed by atoms with E-state index in [0.717, 1.165) is 5.52 Å². The Labute approximate surface area is 192 Å². The SMILES string of the molecule is COc1cccc2[nH]c(Cc3nc4ccc(C(=O)NC(CP(=O)(O)O)C(=O)O)cc4n3C)nc12. The van der Waals surface area contributed by atoms with Gasteiger partial charge in [0.25, 0.3) is 5.91 Å². The zero-order valence-electron chi connectivity index (χ0n) is 18.2. The largest absolute Gasteiger partial charge is 0.494 e. The molecule has 0 bridgehead atoms. The van der Waals surface area contributed by atoms with Crippen molar-refractivity contribution in [1.29, 1.82) is 0 Å². The van der Waals surface area contributed by atoms with Crippen LogP contribution in [0.3, 0.4) is 0 Å². The lowest BCUT2D eigenvalue weighted by molar-refractivity contribution is -0.138. The number of hydrogen-bond acceptors (Lipinski definition) is 6. The number of nitrogens with zero attached hydrogens (tertiary/aromatic N) is 3. The molecular weight excluding hydrogens is 465 g/mol. The molecule has 2 aromatic carbocycles. The molecule has 0 radical (unpaired) electrons. The molecule has 4 aromatic rings. The number of benzene rings is 2. The second-order valence-corrected chi connectivity index (χ2v) is 9.41. The van der Waals surface area contributed by atoms with Gasteiger partial charge in [-0.2, -0.15) is 0 Å². The van der Waals surface area contributed by atoms with Gasteiger partial charge in [-0.3, -0.25) is 9.36 Å². The van der Waals surface area contributed by atoms with Crippen LogP contribution < -0.4 is 10.1 Å². The Morgan fingerprint density at radius 3 is 2.68 bits per heavy atom. The fourth-order valence-corrected chi connectivity index (χ4v) is 4.38. The lowest BCUT2D eigenvalue weighted by Gasteiger charge is -2.15. The van der Waals surface area contributed by atoms with Crippen LogP contribution in [0, 0.1) is 0 Å². The first-order valence-electron chi connectivity index (χ1n) is 10.1. The number of aryl methyl sites for hydroxylation is 1. The molecule has 12 nitrogen and oxygen atoms in total. The molecule has 0 saturated heterocycles. The highest BCUT2D eigenvalue weighted by molar-refractivity contribution is 7.51. The van der Waals surface area contributed by atoms with Gasteiger partial charge < -0.3 is 34.5 Å². The highest BCUT2D eigenvalue weighted by atomic mass is 31.2. The number of aromatic amines is 1. The van der Waals surface area contributed by atoms with E-state index in [9.17, 15) is 19.3 Å². The number of nitrogens with one attached hydrogen (secondary N) is 2. The van der Waals surface area contributed by atoms with Gasteiger partial charge in [-0.05, 0) is 30.3 Å². The molecule has 0 fully saturated rings. The summed E-state index contributed by atoms with van der Waals surface area (Å²) < 4.78 is 18.3. The van der Waals surface area contributed by atoms with Crippen LogP contribution in [0.2, 0.25) is 0 Å². The minimum atomic E-state index is -4.64. The molecule has 1 unspecified atom stereocenters. The third-order valence-corrected chi connectivity index (χ3v) is 6.17. The number of hydrogen-bond donors (Lipinski definition) is 5. The number of imidazole rings is 2. The van der Waals surface area contributed by atoms with Gasteiger partial charge >= 0.3 is 13.6 Å². The van der Waals surface area contributed by atoms with Crippen molar-refractivity contribution >= 4 is 41.5 Å². The maximum absolute atomic E-state index is 12.6. The molecule has 4 rings (SSSR count). The first-order valence-corrected chi connectivity index (χ1v) is 11.9. The molecule has 0 aliphatic carbocycles. The van der Waals surface area contributed by atoms with Crippen LogP contribution in [-0.2, 0) is 22.8 Å². The minimum absolute atomic E-state index is 0.132. The number of carbonyl (C=O) groups is 2. The maximum atomic E-state index is 12.6. The molecule has 0 aliphatic rings. The summed E-state index contributed by atoms with van der Waals surface area (Å²) in [7, 11) is -1.29. The third-order valence-electron chi connectivity index (χ3n) is 5.33. The Morgan fingerprint density at radius 1 is 1.24 bits per heavy atom. The molecule has 13 heteroatoms. The second-order valence-electron chi connectivity index (χ2n) is 7.72. The monoisotopic (exact) mass is 487 g/mol. The summed E-state index contributed by atoms with van der Waals surface area (Å²) in [5.41, 5.74) is 2.91. The summed E-state index contributed by atoms with van der Waals surface area (Å²) >= 11 is 0. The number of fused-ring (bicyclic) bond motifs is 2. The normalized spacial score (nSPS) is 12.7. The molecule has 1 amide bonds. The van der Waals surface area contributed by atoms with Crippen molar-refractivity contribution in [3.05, 3.63) is 53.6 Å². The first kappa shape index (κ1) is 23.4. The van der Waals surface area contributed by atoms with E-state index in [0.29, 0.717) is 40.4 Å². The fraction of sp³-hybridized carbons (Fsp3) is 0.238. The van der Waals surface area contributed by atoms with Crippen LogP contribution in [0.25, 0.3) is 22.1 Å². The molecule has 2 heterocycles. The average molecular weight is 487 g/mol. The van der Waals surface area contributed by atoms with Gasteiger partial charge in [0.05, 0.1) is 36.2 Å². The van der Waals surface area contributed by atoms with Gasteiger partial charge in [0.2, 0.25) is 0 Å². The van der Waals surface area contributed by atoms with Crippen molar-refractivity contribution < 1.29 is 33.8 Å². The highest BCUT2D eigenvalue weighted by Crippen LogP contribution is 2.35. The summed E-state index contributed by atoms with van der Waals surface area (Å²) in [6, 6.07) is 8.48. The maximum Gasteiger partial charge on any atom is 0.328 e. The Kier molecular flexibility index (Phi) is 6.13. The van der Waals surface area contributed by atoms with Gasteiger partial charge in [0, 0.05) is 12.6 Å². The number of H-pyrrole nitrogens is 1. The molecule has 0 aliphatic heterocycles. The number of methoxy groups -OCH3 is 1. The molecule has 34 heavy (non-hydrogen) atoms. The van der Waals surface area contributed by atoms with E-state index in [-0.39, 0.29) is 5.56 Å². The zero-order chi connectivity index (χ0) is 24.6. The quantitative estimate of drug-likeness (QED) is 0.230. The summed E-state index contributed by atoms with van der Waals surface area (Å²) in [6.45, 7) is 0. The molecule has 5 N–H and O–H groups in total. The zero-order valence-corrected chi connectivity index (χ0v) is 19.1. The van der Waals surface area contributed by atoms with Gasteiger partial charge in [-0.1, -0.05) is 6.07 Å². The third kappa shape index (κ3) is 4.79. The van der Waals surface area contributed by atoms with Crippen LogP contribution in [0.5, 0.6) is 5.75 Å². The Morgan fingerprint density at radius 2 is 2.00 bits per heavy atom. The number of carboxylic acid groups (broad SMARTS) is 1. The highest BCUT2D eigenvalue weighted by Gasteiger charge is 2.29. The van der Waals surface area contributed by atoms with E-state index in [1.54, 1.807) is 30.9 Å². The summed E-state index contributed by atoms with van der Waals surface area (Å²) in [6.07, 6.45) is -0.623.